The minimum atomic E-state index is -2.25. The van der Waals surface area contributed by atoms with Crippen LogP contribution in [0.5, 0.6) is 0 Å². The number of carboxylic acids is 2. The molecule has 2 N–H and O–H groups in total. The number of rotatable bonds is 7. The van der Waals surface area contributed by atoms with E-state index < -0.39 is 40.5 Å². The number of aliphatic carboxylic acids is 2. The third-order valence-corrected chi connectivity index (χ3v) is 2.97. The van der Waals surface area contributed by atoms with Crippen LogP contribution in [0.15, 0.2) is 24.5 Å². The maximum Gasteiger partial charge on any atom is 0.379 e. The molecule has 0 bridgehead atoms. The number of pyridine rings is 1. The zero-order valence-corrected chi connectivity index (χ0v) is 10.9. The second kappa shape index (κ2) is 6.55. The molecule has 0 spiro atoms. The molecule has 0 aromatic carbocycles. The predicted octanol–water partition coefficient (Wildman–Crippen LogP) is 0.185. The Morgan fingerprint density at radius 1 is 1.19 bits per heavy atom. The molecule has 1 aromatic heterocycles. The van der Waals surface area contributed by atoms with Crippen molar-refractivity contribution >= 4 is 17.7 Å². The molecule has 0 saturated heterocycles. The highest BCUT2D eigenvalue weighted by Crippen LogP contribution is 2.31. The Morgan fingerprint density at radius 2 is 1.71 bits per heavy atom. The predicted molar refractivity (Wildman–Crippen MR) is 67.2 cm³/mol. The van der Waals surface area contributed by atoms with Crippen LogP contribution in [-0.4, -0.2) is 43.9 Å². The summed E-state index contributed by atoms with van der Waals surface area (Å²) in [6.45, 7) is 0.950. The van der Waals surface area contributed by atoms with E-state index in [4.69, 9.17) is 10.2 Å². The SMILES string of the molecule is CC(=O)C(C(=O)O)C(c1ccncc1)C(C(=O)O)[N+](=O)[O-]. The number of nitrogens with zero attached hydrogens (tertiary/aromatic N) is 2. The molecule has 0 aliphatic rings. The lowest BCUT2D eigenvalue weighted by Gasteiger charge is -2.23. The summed E-state index contributed by atoms with van der Waals surface area (Å²) in [5.74, 6) is -7.75. The van der Waals surface area contributed by atoms with Crippen LogP contribution in [0, 0.1) is 16.0 Å². The summed E-state index contributed by atoms with van der Waals surface area (Å²) < 4.78 is 0. The lowest BCUT2D eigenvalue weighted by atomic mass is 9.79. The summed E-state index contributed by atoms with van der Waals surface area (Å²) in [6.07, 6.45) is 2.47. The maximum absolute atomic E-state index is 11.5. The Labute approximate surface area is 118 Å². The molecule has 3 atom stereocenters. The fraction of sp³-hybridized carbons (Fsp3) is 0.333. The summed E-state index contributed by atoms with van der Waals surface area (Å²) >= 11 is 0. The molecule has 0 amide bonds. The van der Waals surface area contributed by atoms with Gasteiger partial charge in [-0.15, -0.1) is 0 Å². The Bertz CT molecular complexity index is 512. The van der Waals surface area contributed by atoms with Gasteiger partial charge in [0, 0.05) is 17.3 Å². The van der Waals surface area contributed by atoms with Crippen LogP contribution in [0.1, 0.15) is 18.4 Å². The molecule has 0 aliphatic heterocycles. The number of Topliss-reactive ketones (excluding diaryl/α,β-unsaturated/α-hetero) is 1. The first kappa shape index (κ1) is 16.2. The van der Waals surface area contributed by atoms with Gasteiger partial charge in [-0.05, 0) is 24.6 Å². The van der Waals surface area contributed by atoms with E-state index in [1.165, 1.54) is 24.5 Å². The van der Waals surface area contributed by atoms with E-state index >= 15 is 0 Å². The van der Waals surface area contributed by atoms with Crippen LogP contribution in [0.3, 0.4) is 0 Å². The average molecular weight is 296 g/mol. The highest BCUT2D eigenvalue weighted by atomic mass is 16.6. The molecule has 1 aromatic rings. The van der Waals surface area contributed by atoms with Crippen molar-refractivity contribution in [2.45, 2.75) is 18.9 Å². The van der Waals surface area contributed by atoms with Crippen molar-refractivity contribution in [2.75, 3.05) is 0 Å². The number of carbonyl (C=O) groups is 3. The van der Waals surface area contributed by atoms with Crippen molar-refractivity contribution in [3.63, 3.8) is 0 Å². The lowest BCUT2D eigenvalue weighted by molar-refractivity contribution is -0.515. The number of hydrogen-bond donors (Lipinski definition) is 2. The summed E-state index contributed by atoms with van der Waals surface area (Å²) in [4.78, 5) is 47.5. The van der Waals surface area contributed by atoms with E-state index in [-0.39, 0.29) is 5.56 Å². The van der Waals surface area contributed by atoms with Gasteiger partial charge in [-0.3, -0.25) is 24.7 Å². The molecule has 0 radical (unpaired) electrons. The van der Waals surface area contributed by atoms with Gasteiger partial charge < -0.3 is 10.2 Å². The molecule has 3 unspecified atom stereocenters. The zero-order valence-electron chi connectivity index (χ0n) is 10.9. The summed E-state index contributed by atoms with van der Waals surface area (Å²) in [7, 11) is 0. The van der Waals surface area contributed by atoms with Crippen molar-refractivity contribution in [2.24, 2.45) is 5.92 Å². The maximum atomic E-state index is 11.5. The highest BCUT2D eigenvalue weighted by Gasteiger charge is 2.48. The van der Waals surface area contributed by atoms with Gasteiger partial charge in [0.15, 0.2) is 0 Å². The zero-order chi connectivity index (χ0) is 16.2. The van der Waals surface area contributed by atoms with Crippen molar-refractivity contribution in [1.82, 2.24) is 4.98 Å². The number of ketones is 1. The molecular formula is C12H12N2O7. The minimum Gasteiger partial charge on any atom is -0.481 e. The molecule has 0 saturated carbocycles. The normalized spacial score (nSPS) is 14.7. The topological polar surface area (TPSA) is 148 Å². The van der Waals surface area contributed by atoms with Crippen LogP contribution in [0.2, 0.25) is 0 Å². The molecule has 21 heavy (non-hydrogen) atoms. The Morgan fingerprint density at radius 3 is 2.05 bits per heavy atom. The van der Waals surface area contributed by atoms with Crippen LogP contribution < -0.4 is 0 Å². The fourth-order valence-corrected chi connectivity index (χ4v) is 2.10. The van der Waals surface area contributed by atoms with E-state index in [1.807, 2.05) is 0 Å². The van der Waals surface area contributed by atoms with Gasteiger partial charge in [0.25, 0.3) is 0 Å². The standard InChI is InChI=1S/C12H12N2O7/c1-6(15)8(11(16)17)9(7-2-4-13-5-3-7)10(12(18)19)14(20)21/h2-5,8-10H,1H3,(H,16,17)(H,18,19). The quantitative estimate of drug-likeness (QED) is 0.411. The number of carboxylic acid groups (broad SMARTS) is 2. The van der Waals surface area contributed by atoms with E-state index in [1.54, 1.807) is 0 Å². The van der Waals surface area contributed by atoms with Crippen molar-refractivity contribution in [1.29, 1.82) is 0 Å². The molecule has 1 rings (SSSR count). The second-order valence-electron chi connectivity index (χ2n) is 4.30. The molecule has 9 heteroatoms. The monoisotopic (exact) mass is 296 g/mol. The smallest absolute Gasteiger partial charge is 0.379 e. The van der Waals surface area contributed by atoms with Crippen LogP contribution in [-0.2, 0) is 14.4 Å². The molecular weight excluding hydrogens is 284 g/mol. The Balaban J connectivity index is 3.48. The summed E-state index contributed by atoms with van der Waals surface area (Å²) in [6, 6.07) is 0.254. The van der Waals surface area contributed by atoms with E-state index in [9.17, 15) is 24.5 Å². The van der Waals surface area contributed by atoms with Crippen LogP contribution in [0.25, 0.3) is 0 Å². The van der Waals surface area contributed by atoms with Crippen molar-refractivity contribution in [3.05, 3.63) is 40.2 Å². The van der Waals surface area contributed by atoms with Gasteiger partial charge >= 0.3 is 18.0 Å². The number of carbonyl (C=O) groups excluding carboxylic acids is 1. The average Bonchev–Trinajstić information content (AvgIpc) is 2.37. The minimum absolute atomic E-state index is 0.0525. The first-order valence-corrected chi connectivity index (χ1v) is 5.76. The largest absolute Gasteiger partial charge is 0.481 e. The van der Waals surface area contributed by atoms with Crippen molar-refractivity contribution in [3.8, 4) is 0 Å². The lowest BCUT2D eigenvalue weighted by Crippen LogP contribution is -2.43. The van der Waals surface area contributed by atoms with E-state index in [2.05, 4.69) is 4.98 Å². The number of hydrogen-bond acceptors (Lipinski definition) is 6. The molecule has 112 valence electrons. The van der Waals surface area contributed by atoms with E-state index in [0.29, 0.717) is 0 Å². The van der Waals surface area contributed by atoms with Gasteiger partial charge in [-0.1, -0.05) is 0 Å². The first-order valence-electron chi connectivity index (χ1n) is 5.76. The molecule has 0 fully saturated rings. The third kappa shape index (κ3) is 3.59. The first-order chi connectivity index (χ1) is 9.77. The number of aromatic nitrogens is 1. The fourth-order valence-electron chi connectivity index (χ4n) is 2.10. The van der Waals surface area contributed by atoms with Crippen LogP contribution in [0.4, 0.5) is 0 Å². The summed E-state index contributed by atoms with van der Waals surface area (Å²) in [5.41, 5.74) is 0.0525. The molecule has 9 nitrogen and oxygen atoms in total. The van der Waals surface area contributed by atoms with E-state index in [0.717, 1.165) is 6.92 Å². The third-order valence-electron chi connectivity index (χ3n) is 2.97. The highest BCUT2D eigenvalue weighted by molar-refractivity contribution is 5.98. The second-order valence-corrected chi connectivity index (χ2v) is 4.30. The molecule has 0 aliphatic carbocycles. The number of nitro groups is 1. The summed E-state index contributed by atoms with van der Waals surface area (Å²) in [5, 5.41) is 29.2. The Hall–Kier alpha value is -2.84. The van der Waals surface area contributed by atoms with Gasteiger partial charge in [0.2, 0.25) is 0 Å². The Kier molecular flexibility index (Phi) is 5.06. The van der Waals surface area contributed by atoms with Crippen molar-refractivity contribution < 1.29 is 29.5 Å². The van der Waals surface area contributed by atoms with Gasteiger partial charge in [-0.25, -0.2) is 4.79 Å². The van der Waals surface area contributed by atoms with Gasteiger partial charge in [0.1, 0.15) is 11.7 Å². The molecule has 1 heterocycles. The van der Waals surface area contributed by atoms with Crippen LogP contribution >= 0.6 is 0 Å². The van der Waals surface area contributed by atoms with Gasteiger partial charge in [-0.2, -0.15) is 0 Å². The van der Waals surface area contributed by atoms with Gasteiger partial charge in [0.05, 0.1) is 5.92 Å².